The minimum absolute atomic E-state index is 0.0467. The molecule has 27 heavy (non-hydrogen) atoms. The van der Waals surface area contributed by atoms with Crippen molar-refractivity contribution in [2.75, 3.05) is 6.54 Å². The minimum Gasteiger partial charge on any atom is -0.508 e. The van der Waals surface area contributed by atoms with E-state index in [1.807, 2.05) is 28.5 Å². The van der Waals surface area contributed by atoms with Gasteiger partial charge in [-0.1, -0.05) is 36.2 Å². The van der Waals surface area contributed by atoms with Gasteiger partial charge in [0, 0.05) is 12.6 Å². The summed E-state index contributed by atoms with van der Waals surface area (Å²) in [7, 11) is 0. The summed E-state index contributed by atoms with van der Waals surface area (Å²) in [6.07, 6.45) is 4.43. The number of phenols is 1. The van der Waals surface area contributed by atoms with E-state index in [9.17, 15) is 9.90 Å². The van der Waals surface area contributed by atoms with Crippen molar-refractivity contribution in [3.05, 3.63) is 59.1 Å². The molecule has 4 rings (SSSR count). The summed E-state index contributed by atoms with van der Waals surface area (Å²) < 4.78 is 5.56. The Hall–Kier alpha value is -2.60. The third-order valence-corrected chi connectivity index (χ3v) is 5.88. The third-order valence-electron chi connectivity index (χ3n) is 5.00. The third kappa shape index (κ3) is 4.06. The van der Waals surface area contributed by atoms with Gasteiger partial charge < -0.3 is 14.5 Å². The van der Waals surface area contributed by atoms with Crippen LogP contribution < -0.4 is 0 Å². The van der Waals surface area contributed by atoms with Gasteiger partial charge in [-0.25, -0.2) is 0 Å². The molecule has 1 atom stereocenters. The number of thiophene rings is 1. The highest BCUT2D eigenvalue weighted by atomic mass is 32.1. The quantitative estimate of drug-likeness (QED) is 0.704. The van der Waals surface area contributed by atoms with E-state index < -0.39 is 0 Å². The first-order chi connectivity index (χ1) is 13.2. The van der Waals surface area contributed by atoms with Gasteiger partial charge in [0.25, 0.3) is 0 Å². The SMILES string of the molecule is O=C(Cc1ccc(O)cc1)N1CCCCC[C@@H]1c1cc(-c2cccs2)on1. The van der Waals surface area contributed by atoms with Gasteiger partial charge in [0.05, 0.1) is 17.3 Å². The molecule has 1 N–H and O–H groups in total. The summed E-state index contributed by atoms with van der Waals surface area (Å²) in [5.74, 6) is 1.06. The maximum absolute atomic E-state index is 13.0. The number of nitrogens with zero attached hydrogens (tertiary/aromatic N) is 2. The van der Waals surface area contributed by atoms with Crippen LogP contribution in [0.3, 0.4) is 0 Å². The molecular formula is C21H22N2O3S. The zero-order valence-electron chi connectivity index (χ0n) is 15.0. The molecule has 3 heterocycles. The number of carbonyl (C=O) groups excluding carboxylic acids is 1. The van der Waals surface area contributed by atoms with E-state index in [4.69, 9.17) is 4.52 Å². The van der Waals surface area contributed by atoms with Gasteiger partial charge in [0.1, 0.15) is 11.4 Å². The molecule has 0 saturated carbocycles. The Morgan fingerprint density at radius 2 is 2.07 bits per heavy atom. The standard InChI is InChI=1S/C21H22N2O3S/c24-16-9-7-15(8-10-16)13-21(25)23-11-3-1-2-5-18(23)17-14-19(26-22-17)20-6-4-12-27-20/h4,6-10,12,14,18,24H,1-3,5,11,13H2/t18-/m1/s1. The summed E-state index contributed by atoms with van der Waals surface area (Å²) in [5, 5.41) is 15.7. The maximum atomic E-state index is 13.0. The van der Waals surface area contributed by atoms with Crippen LogP contribution in [0.15, 0.2) is 52.4 Å². The number of carbonyl (C=O) groups is 1. The largest absolute Gasteiger partial charge is 0.508 e. The van der Waals surface area contributed by atoms with Crippen LogP contribution >= 0.6 is 11.3 Å². The summed E-state index contributed by atoms with van der Waals surface area (Å²) in [6.45, 7) is 0.739. The molecule has 0 unspecified atom stereocenters. The normalized spacial score (nSPS) is 17.6. The topological polar surface area (TPSA) is 66.6 Å². The molecule has 1 aliphatic rings. The molecule has 1 saturated heterocycles. The molecule has 6 heteroatoms. The second-order valence-electron chi connectivity index (χ2n) is 6.89. The first-order valence-electron chi connectivity index (χ1n) is 9.28. The molecular weight excluding hydrogens is 360 g/mol. The lowest BCUT2D eigenvalue weighted by Gasteiger charge is -2.28. The molecule has 0 bridgehead atoms. The number of phenolic OH excluding ortho intramolecular Hbond substituents is 1. The molecule has 3 aromatic rings. The van der Waals surface area contributed by atoms with Crippen LogP contribution in [0.1, 0.15) is 43.0 Å². The molecule has 5 nitrogen and oxygen atoms in total. The van der Waals surface area contributed by atoms with E-state index in [-0.39, 0.29) is 17.7 Å². The van der Waals surface area contributed by atoms with Crippen LogP contribution in [0, 0.1) is 0 Å². The van der Waals surface area contributed by atoms with Gasteiger partial charge in [-0.3, -0.25) is 4.79 Å². The highest BCUT2D eigenvalue weighted by molar-refractivity contribution is 7.13. The van der Waals surface area contributed by atoms with Crippen molar-refractivity contribution in [2.24, 2.45) is 0 Å². The Kier molecular flexibility index (Phi) is 5.25. The second kappa shape index (κ2) is 7.96. The average Bonchev–Trinajstić information content (AvgIpc) is 3.31. The van der Waals surface area contributed by atoms with Gasteiger partial charge >= 0.3 is 0 Å². The van der Waals surface area contributed by atoms with E-state index in [0.717, 1.165) is 54.1 Å². The fraction of sp³-hybridized carbons (Fsp3) is 0.333. The fourth-order valence-electron chi connectivity index (χ4n) is 3.59. The number of aromatic hydroxyl groups is 1. The molecule has 0 aliphatic carbocycles. The summed E-state index contributed by atoms with van der Waals surface area (Å²) in [6, 6.07) is 12.8. The van der Waals surface area contributed by atoms with E-state index in [1.165, 1.54) is 0 Å². The lowest BCUT2D eigenvalue weighted by molar-refractivity contribution is -0.133. The van der Waals surface area contributed by atoms with E-state index >= 15 is 0 Å². The summed E-state index contributed by atoms with van der Waals surface area (Å²) in [5.41, 5.74) is 1.74. The van der Waals surface area contributed by atoms with Crippen molar-refractivity contribution >= 4 is 17.2 Å². The van der Waals surface area contributed by atoms with Crippen molar-refractivity contribution in [3.8, 4) is 16.4 Å². The number of hydrogen-bond acceptors (Lipinski definition) is 5. The zero-order chi connectivity index (χ0) is 18.6. The number of amides is 1. The van der Waals surface area contributed by atoms with Gasteiger partial charge in [0.15, 0.2) is 5.76 Å². The predicted octanol–water partition coefficient (Wildman–Crippen LogP) is 4.80. The van der Waals surface area contributed by atoms with Gasteiger partial charge in [-0.15, -0.1) is 11.3 Å². The first-order valence-corrected chi connectivity index (χ1v) is 10.2. The Morgan fingerprint density at radius 3 is 2.85 bits per heavy atom. The number of benzene rings is 1. The highest BCUT2D eigenvalue weighted by Gasteiger charge is 2.29. The van der Waals surface area contributed by atoms with Crippen LogP contribution in [0.4, 0.5) is 0 Å². The van der Waals surface area contributed by atoms with Gasteiger partial charge in [-0.05, 0) is 42.0 Å². The van der Waals surface area contributed by atoms with E-state index in [1.54, 1.807) is 35.6 Å². The number of rotatable bonds is 4. The lowest BCUT2D eigenvalue weighted by Crippen LogP contribution is -2.36. The lowest BCUT2D eigenvalue weighted by atomic mass is 10.0. The Morgan fingerprint density at radius 1 is 1.22 bits per heavy atom. The first kappa shape index (κ1) is 17.8. The monoisotopic (exact) mass is 382 g/mol. The van der Waals surface area contributed by atoms with Crippen LogP contribution in [0.25, 0.3) is 10.6 Å². The van der Waals surface area contributed by atoms with Crippen LogP contribution in [0.2, 0.25) is 0 Å². The number of aromatic nitrogens is 1. The molecule has 1 aliphatic heterocycles. The molecule has 1 aromatic carbocycles. The smallest absolute Gasteiger partial charge is 0.227 e. The average molecular weight is 382 g/mol. The molecule has 1 fully saturated rings. The maximum Gasteiger partial charge on any atom is 0.227 e. The van der Waals surface area contributed by atoms with Crippen molar-refractivity contribution in [1.82, 2.24) is 10.1 Å². The Bertz CT molecular complexity index is 887. The second-order valence-corrected chi connectivity index (χ2v) is 7.84. The molecule has 2 aromatic heterocycles. The fourth-order valence-corrected chi connectivity index (χ4v) is 4.26. The van der Waals surface area contributed by atoms with Crippen molar-refractivity contribution in [3.63, 3.8) is 0 Å². The van der Waals surface area contributed by atoms with Gasteiger partial charge in [-0.2, -0.15) is 0 Å². The molecule has 1 amide bonds. The van der Waals surface area contributed by atoms with Crippen molar-refractivity contribution in [2.45, 2.75) is 38.1 Å². The highest BCUT2D eigenvalue weighted by Crippen LogP contribution is 2.33. The Balaban J connectivity index is 1.55. The minimum atomic E-state index is -0.0467. The molecule has 0 radical (unpaired) electrons. The van der Waals surface area contributed by atoms with Crippen molar-refractivity contribution < 1.29 is 14.4 Å². The van der Waals surface area contributed by atoms with E-state index in [0.29, 0.717) is 6.42 Å². The number of likely N-dealkylation sites (tertiary alicyclic amines) is 1. The van der Waals surface area contributed by atoms with Crippen LogP contribution in [-0.4, -0.2) is 27.6 Å². The Labute approximate surface area is 162 Å². The predicted molar refractivity (Wildman–Crippen MR) is 105 cm³/mol. The van der Waals surface area contributed by atoms with Crippen LogP contribution in [-0.2, 0) is 11.2 Å². The van der Waals surface area contributed by atoms with E-state index in [2.05, 4.69) is 5.16 Å². The van der Waals surface area contributed by atoms with Crippen LogP contribution in [0.5, 0.6) is 5.75 Å². The zero-order valence-corrected chi connectivity index (χ0v) is 15.8. The summed E-state index contributed by atoms with van der Waals surface area (Å²) in [4.78, 5) is 16.0. The molecule has 140 valence electrons. The molecule has 0 spiro atoms. The van der Waals surface area contributed by atoms with Crippen molar-refractivity contribution in [1.29, 1.82) is 0 Å². The number of hydrogen-bond donors (Lipinski definition) is 1. The van der Waals surface area contributed by atoms with Gasteiger partial charge in [0.2, 0.25) is 5.91 Å². The summed E-state index contributed by atoms with van der Waals surface area (Å²) >= 11 is 1.62.